The van der Waals surface area contributed by atoms with Crippen LogP contribution in [0.4, 0.5) is 0 Å². The minimum Gasteiger partial charge on any atom is -0.394 e. The summed E-state index contributed by atoms with van der Waals surface area (Å²) >= 11 is 0. The Kier molecular flexibility index (Phi) is 4.18. The summed E-state index contributed by atoms with van der Waals surface area (Å²) < 4.78 is 2.12. The smallest absolute Gasteiger partial charge is 0.0955 e. The summed E-state index contributed by atoms with van der Waals surface area (Å²) in [7, 11) is 0. The molecule has 0 radical (unpaired) electrons. The summed E-state index contributed by atoms with van der Waals surface area (Å²) in [6.07, 6.45) is 8.46. The van der Waals surface area contributed by atoms with Gasteiger partial charge >= 0.3 is 0 Å². The summed E-state index contributed by atoms with van der Waals surface area (Å²) in [6.45, 7) is 2.22. The van der Waals surface area contributed by atoms with E-state index in [9.17, 15) is 5.11 Å². The van der Waals surface area contributed by atoms with Crippen LogP contribution in [0, 0.1) is 0 Å². The van der Waals surface area contributed by atoms with Crippen molar-refractivity contribution >= 4 is 0 Å². The molecule has 17 heavy (non-hydrogen) atoms. The Balaban J connectivity index is 2.21. The second-order valence-corrected chi connectivity index (χ2v) is 4.95. The van der Waals surface area contributed by atoms with Gasteiger partial charge in [-0.2, -0.15) is 0 Å². The highest BCUT2D eigenvalue weighted by Crippen LogP contribution is 2.24. The fourth-order valence-electron chi connectivity index (χ4n) is 2.73. The zero-order valence-corrected chi connectivity index (χ0v) is 10.6. The van der Waals surface area contributed by atoms with Crippen molar-refractivity contribution in [3.63, 3.8) is 0 Å². The van der Waals surface area contributed by atoms with Crippen LogP contribution < -0.4 is 5.73 Å². The molecule has 0 fully saturated rings. The maximum Gasteiger partial charge on any atom is 0.0955 e. The summed E-state index contributed by atoms with van der Waals surface area (Å²) in [5.41, 5.74) is 8.65. The van der Waals surface area contributed by atoms with Crippen LogP contribution >= 0.6 is 0 Å². The molecule has 0 aromatic carbocycles. The number of nitrogens with two attached hydrogens (primary N) is 1. The highest BCUT2D eigenvalue weighted by molar-refractivity contribution is 5.17. The van der Waals surface area contributed by atoms with E-state index in [0.29, 0.717) is 0 Å². The molecule has 1 aliphatic rings. The molecule has 0 saturated heterocycles. The molecule has 2 unspecified atom stereocenters. The molecule has 1 aliphatic carbocycles. The Morgan fingerprint density at radius 3 is 2.94 bits per heavy atom. The molecule has 0 spiro atoms. The van der Waals surface area contributed by atoms with Crippen LogP contribution in [0.3, 0.4) is 0 Å². The van der Waals surface area contributed by atoms with Crippen molar-refractivity contribution in [1.82, 2.24) is 9.55 Å². The van der Waals surface area contributed by atoms with Crippen LogP contribution in [-0.4, -0.2) is 27.3 Å². The molecule has 1 heterocycles. The van der Waals surface area contributed by atoms with Gasteiger partial charge in [0, 0.05) is 11.7 Å². The van der Waals surface area contributed by atoms with Crippen LogP contribution in [-0.2, 0) is 12.8 Å². The lowest BCUT2D eigenvalue weighted by molar-refractivity contribution is 0.199. The quantitative estimate of drug-likeness (QED) is 0.814. The zero-order chi connectivity index (χ0) is 12.3. The molecule has 4 heteroatoms. The molecular formula is C13H23N3O. The van der Waals surface area contributed by atoms with Gasteiger partial charge in [-0.3, -0.25) is 0 Å². The number of hydrogen-bond donors (Lipinski definition) is 2. The van der Waals surface area contributed by atoms with Gasteiger partial charge in [0.15, 0.2) is 0 Å². The average molecular weight is 237 g/mol. The lowest BCUT2D eigenvalue weighted by Gasteiger charge is -2.26. The van der Waals surface area contributed by atoms with Gasteiger partial charge in [0.05, 0.1) is 24.7 Å². The number of rotatable bonds is 5. The highest BCUT2D eigenvalue weighted by Gasteiger charge is 2.23. The molecule has 1 aromatic rings. The summed E-state index contributed by atoms with van der Waals surface area (Å²) in [4.78, 5) is 4.46. The number of aliphatic hydroxyl groups excluding tert-OH is 1. The molecule has 2 atom stereocenters. The number of aryl methyl sites for hydroxylation is 1. The van der Waals surface area contributed by atoms with E-state index in [1.807, 2.05) is 6.33 Å². The molecule has 1 aromatic heterocycles. The van der Waals surface area contributed by atoms with E-state index in [-0.39, 0.29) is 18.7 Å². The number of hydrogen-bond acceptors (Lipinski definition) is 3. The van der Waals surface area contributed by atoms with E-state index in [1.165, 1.54) is 24.2 Å². The third kappa shape index (κ3) is 2.53. The van der Waals surface area contributed by atoms with Crippen molar-refractivity contribution in [3.8, 4) is 0 Å². The van der Waals surface area contributed by atoms with E-state index in [1.54, 1.807) is 0 Å². The second-order valence-electron chi connectivity index (χ2n) is 4.95. The summed E-state index contributed by atoms with van der Waals surface area (Å²) in [5.74, 6) is 0. The van der Waals surface area contributed by atoms with E-state index >= 15 is 0 Å². The van der Waals surface area contributed by atoms with E-state index in [0.717, 1.165) is 25.7 Å². The van der Waals surface area contributed by atoms with E-state index in [4.69, 9.17) is 5.73 Å². The fraction of sp³-hybridized carbons (Fsp3) is 0.769. The van der Waals surface area contributed by atoms with Crippen LogP contribution in [0.1, 0.15) is 50.0 Å². The minimum absolute atomic E-state index is 0.00991. The summed E-state index contributed by atoms with van der Waals surface area (Å²) in [6, 6.07) is 0.00882. The highest BCUT2D eigenvalue weighted by atomic mass is 16.3. The van der Waals surface area contributed by atoms with Crippen LogP contribution in [0.15, 0.2) is 6.33 Å². The van der Waals surface area contributed by atoms with Crippen molar-refractivity contribution in [2.24, 2.45) is 5.73 Å². The van der Waals surface area contributed by atoms with Gasteiger partial charge in [-0.15, -0.1) is 0 Å². The SMILES string of the molecule is CCCC(N)C(CO)n1cnc2c1CCCC2. The first-order chi connectivity index (χ1) is 8.27. The Morgan fingerprint density at radius 1 is 1.47 bits per heavy atom. The van der Waals surface area contributed by atoms with E-state index < -0.39 is 0 Å². The standard InChI is InChI=1S/C13H23N3O/c1-2-5-10(14)13(8-17)16-9-15-11-6-3-4-7-12(11)16/h9-10,13,17H,2-8,14H2,1H3. The van der Waals surface area contributed by atoms with Crippen LogP contribution in [0.2, 0.25) is 0 Å². The molecule has 0 amide bonds. The van der Waals surface area contributed by atoms with Crippen molar-refractivity contribution in [3.05, 3.63) is 17.7 Å². The van der Waals surface area contributed by atoms with Crippen molar-refractivity contribution in [2.45, 2.75) is 57.5 Å². The Labute approximate surface area is 103 Å². The fourth-order valence-corrected chi connectivity index (χ4v) is 2.73. The van der Waals surface area contributed by atoms with Crippen molar-refractivity contribution in [1.29, 1.82) is 0 Å². The van der Waals surface area contributed by atoms with E-state index in [2.05, 4.69) is 16.5 Å². The largest absolute Gasteiger partial charge is 0.394 e. The van der Waals surface area contributed by atoms with Crippen molar-refractivity contribution < 1.29 is 5.11 Å². The maximum absolute atomic E-state index is 9.57. The molecular weight excluding hydrogens is 214 g/mol. The first kappa shape index (κ1) is 12.6. The van der Waals surface area contributed by atoms with Gasteiger partial charge in [0.2, 0.25) is 0 Å². The Hall–Kier alpha value is -0.870. The van der Waals surface area contributed by atoms with Crippen LogP contribution in [0.5, 0.6) is 0 Å². The Morgan fingerprint density at radius 2 is 2.24 bits per heavy atom. The third-order valence-electron chi connectivity index (χ3n) is 3.72. The molecule has 3 N–H and O–H groups in total. The molecule has 2 rings (SSSR count). The molecule has 0 bridgehead atoms. The predicted molar refractivity (Wildman–Crippen MR) is 67.9 cm³/mol. The lowest BCUT2D eigenvalue weighted by Crippen LogP contribution is -2.35. The minimum atomic E-state index is -0.00991. The van der Waals surface area contributed by atoms with Gasteiger partial charge in [-0.05, 0) is 32.1 Å². The molecule has 4 nitrogen and oxygen atoms in total. The molecule has 0 aliphatic heterocycles. The Bertz CT molecular complexity index is 362. The first-order valence-corrected chi connectivity index (χ1v) is 6.69. The first-order valence-electron chi connectivity index (χ1n) is 6.69. The van der Waals surface area contributed by atoms with Gasteiger partial charge in [0.25, 0.3) is 0 Å². The third-order valence-corrected chi connectivity index (χ3v) is 3.72. The lowest BCUT2D eigenvalue weighted by atomic mass is 9.99. The monoisotopic (exact) mass is 237 g/mol. The van der Waals surface area contributed by atoms with Crippen molar-refractivity contribution in [2.75, 3.05) is 6.61 Å². The van der Waals surface area contributed by atoms with Gasteiger partial charge < -0.3 is 15.4 Å². The summed E-state index contributed by atoms with van der Waals surface area (Å²) in [5, 5.41) is 9.57. The molecule has 0 saturated carbocycles. The molecule has 96 valence electrons. The second kappa shape index (κ2) is 5.65. The maximum atomic E-state index is 9.57. The number of aliphatic hydroxyl groups is 1. The van der Waals surface area contributed by atoms with Gasteiger partial charge in [-0.25, -0.2) is 4.98 Å². The predicted octanol–water partition coefficient (Wildman–Crippen LogP) is 1.42. The van der Waals surface area contributed by atoms with Gasteiger partial charge in [-0.1, -0.05) is 13.3 Å². The van der Waals surface area contributed by atoms with Crippen LogP contribution in [0.25, 0.3) is 0 Å². The number of fused-ring (bicyclic) bond motifs is 1. The number of aromatic nitrogens is 2. The average Bonchev–Trinajstić information content (AvgIpc) is 2.75. The van der Waals surface area contributed by atoms with Gasteiger partial charge in [0.1, 0.15) is 0 Å². The zero-order valence-electron chi connectivity index (χ0n) is 10.6. The number of nitrogens with zero attached hydrogens (tertiary/aromatic N) is 2. The number of imidazole rings is 1. The topological polar surface area (TPSA) is 64.1 Å². The normalized spacial score (nSPS) is 18.8.